The van der Waals surface area contributed by atoms with Crippen LogP contribution in [-0.2, 0) is 4.79 Å². The highest BCUT2D eigenvalue weighted by Crippen LogP contribution is 2.44. The number of hydrogen-bond acceptors (Lipinski definition) is 4. The number of hydrogen-bond donors (Lipinski definition) is 1. The molecule has 1 N–H and O–H groups in total. The van der Waals surface area contributed by atoms with Gasteiger partial charge in [0.05, 0.1) is 10.4 Å². The van der Waals surface area contributed by atoms with Gasteiger partial charge >= 0.3 is 0 Å². The van der Waals surface area contributed by atoms with E-state index in [0.717, 1.165) is 74.9 Å². The summed E-state index contributed by atoms with van der Waals surface area (Å²) < 4.78 is 0.871. The van der Waals surface area contributed by atoms with Gasteiger partial charge in [-0.1, -0.05) is 24.9 Å². The Labute approximate surface area is 175 Å². The molecule has 2 saturated heterocycles. The zero-order valence-corrected chi connectivity index (χ0v) is 18.3. The van der Waals surface area contributed by atoms with Crippen molar-refractivity contribution in [1.82, 2.24) is 9.88 Å². The highest BCUT2D eigenvalue weighted by Gasteiger charge is 2.49. The monoisotopic (exact) mass is 457 g/mol. The van der Waals surface area contributed by atoms with Crippen molar-refractivity contribution in [1.29, 1.82) is 0 Å². The first-order chi connectivity index (χ1) is 13.0. The molecule has 0 saturated carbocycles. The van der Waals surface area contributed by atoms with Crippen molar-refractivity contribution in [2.24, 2.45) is 5.41 Å². The van der Waals surface area contributed by atoms with Crippen LogP contribution >= 0.6 is 27.5 Å². The standard InChI is InChI=1S/C20H29BrClN3O2/c1-2-4-16(5-3-12-26)25-11-8-20(19(25)27)6-9-24(10-7-20)18-17(22)13-15(21)14-23-18/h13-14,16,26H,2-12H2,1H3/t16-/m1/s1. The van der Waals surface area contributed by atoms with Crippen molar-refractivity contribution >= 4 is 39.3 Å². The molecular formula is C20H29BrClN3O2. The lowest BCUT2D eigenvalue weighted by molar-refractivity contribution is -0.139. The molecule has 150 valence electrons. The maximum atomic E-state index is 13.3. The number of amides is 1. The van der Waals surface area contributed by atoms with Gasteiger partial charge in [0.1, 0.15) is 5.82 Å². The second kappa shape index (κ2) is 9.10. The minimum absolute atomic E-state index is 0.198. The first-order valence-electron chi connectivity index (χ1n) is 9.98. The van der Waals surface area contributed by atoms with E-state index >= 15 is 0 Å². The Morgan fingerprint density at radius 3 is 2.63 bits per heavy atom. The van der Waals surface area contributed by atoms with Crippen LogP contribution < -0.4 is 4.90 Å². The highest BCUT2D eigenvalue weighted by molar-refractivity contribution is 9.10. The Kier molecular flexibility index (Phi) is 7.03. The summed E-state index contributed by atoms with van der Waals surface area (Å²) in [7, 11) is 0. The van der Waals surface area contributed by atoms with Gasteiger partial charge in [0, 0.05) is 43.0 Å². The Hall–Kier alpha value is -0.850. The van der Waals surface area contributed by atoms with Crippen LogP contribution in [0.2, 0.25) is 5.02 Å². The molecule has 2 aliphatic heterocycles. The summed E-state index contributed by atoms with van der Waals surface area (Å²) in [4.78, 5) is 22.1. The Morgan fingerprint density at radius 2 is 2.00 bits per heavy atom. The van der Waals surface area contributed by atoms with Gasteiger partial charge in [0.15, 0.2) is 0 Å². The number of aliphatic hydroxyl groups is 1. The van der Waals surface area contributed by atoms with Crippen molar-refractivity contribution < 1.29 is 9.90 Å². The van der Waals surface area contributed by atoms with Crippen LogP contribution in [0.15, 0.2) is 16.7 Å². The second-order valence-corrected chi connectivity index (χ2v) is 9.11. The molecule has 2 aliphatic rings. The van der Waals surface area contributed by atoms with E-state index in [1.165, 1.54) is 0 Å². The largest absolute Gasteiger partial charge is 0.396 e. The predicted octanol–water partition coefficient (Wildman–Crippen LogP) is 4.26. The molecule has 3 rings (SSSR count). The zero-order chi connectivity index (χ0) is 19.4. The molecule has 0 bridgehead atoms. The number of rotatable bonds is 7. The van der Waals surface area contributed by atoms with Crippen LogP contribution in [0.25, 0.3) is 0 Å². The lowest BCUT2D eigenvalue weighted by Gasteiger charge is -2.39. The van der Waals surface area contributed by atoms with Crippen molar-refractivity contribution in [2.75, 3.05) is 31.1 Å². The van der Waals surface area contributed by atoms with Crippen molar-refractivity contribution in [2.45, 2.75) is 57.9 Å². The molecule has 2 fully saturated rings. The predicted molar refractivity (Wildman–Crippen MR) is 112 cm³/mol. The third-order valence-electron chi connectivity index (χ3n) is 6.11. The molecule has 0 radical (unpaired) electrons. The van der Waals surface area contributed by atoms with E-state index < -0.39 is 0 Å². The van der Waals surface area contributed by atoms with Crippen LogP contribution in [0.5, 0.6) is 0 Å². The van der Waals surface area contributed by atoms with Crippen molar-refractivity contribution in [3.63, 3.8) is 0 Å². The summed E-state index contributed by atoms with van der Waals surface area (Å²) in [6.45, 7) is 4.83. The maximum Gasteiger partial charge on any atom is 0.229 e. The van der Waals surface area contributed by atoms with Gasteiger partial charge in [-0.25, -0.2) is 4.98 Å². The molecule has 1 spiro atoms. The smallest absolute Gasteiger partial charge is 0.229 e. The summed E-state index contributed by atoms with van der Waals surface area (Å²) in [6.07, 6.45) is 8.18. The number of nitrogens with zero attached hydrogens (tertiary/aromatic N) is 3. The van der Waals surface area contributed by atoms with Gasteiger partial charge in [0.2, 0.25) is 5.91 Å². The van der Waals surface area contributed by atoms with Gasteiger partial charge in [0.25, 0.3) is 0 Å². The van der Waals surface area contributed by atoms with E-state index in [4.69, 9.17) is 11.6 Å². The van der Waals surface area contributed by atoms with Gasteiger partial charge in [-0.3, -0.25) is 4.79 Å². The second-order valence-electron chi connectivity index (χ2n) is 7.78. The van der Waals surface area contributed by atoms with Crippen molar-refractivity contribution in [3.05, 3.63) is 21.8 Å². The SMILES string of the molecule is CCC[C@H](CCCO)N1CCC2(CCN(c3ncc(Br)cc3Cl)CC2)C1=O. The topological polar surface area (TPSA) is 56.7 Å². The van der Waals surface area contributed by atoms with Gasteiger partial charge in [-0.2, -0.15) is 0 Å². The van der Waals surface area contributed by atoms with E-state index in [-0.39, 0.29) is 18.1 Å². The molecule has 5 nitrogen and oxygen atoms in total. The number of carbonyl (C=O) groups excluding carboxylic acids is 1. The van der Waals surface area contributed by atoms with E-state index in [2.05, 4.69) is 37.6 Å². The van der Waals surface area contributed by atoms with Gasteiger partial charge in [-0.05, 0) is 60.5 Å². The third-order valence-corrected chi connectivity index (χ3v) is 6.82. The molecule has 0 aliphatic carbocycles. The summed E-state index contributed by atoms with van der Waals surface area (Å²) in [6, 6.07) is 2.14. The quantitative estimate of drug-likeness (QED) is 0.663. The minimum Gasteiger partial charge on any atom is -0.396 e. The Morgan fingerprint density at radius 1 is 1.30 bits per heavy atom. The van der Waals surface area contributed by atoms with Crippen molar-refractivity contribution in [3.8, 4) is 0 Å². The number of piperidine rings is 1. The Bertz CT molecular complexity index is 665. The lowest BCUT2D eigenvalue weighted by Crippen LogP contribution is -2.47. The molecule has 1 aromatic heterocycles. The molecule has 1 atom stereocenters. The molecule has 3 heterocycles. The average molecular weight is 459 g/mol. The van der Waals surface area contributed by atoms with E-state index in [9.17, 15) is 9.90 Å². The fourth-order valence-corrected chi connectivity index (χ4v) is 5.31. The first kappa shape index (κ1) is 20.9. The first-order valence-corrected chi connectivity index (χ1v) is 11.2. The summed E-state index contributed by atoms with van der Waals surface area (Å²) in [5.41, 5.74) is -0.219. The molecule has 27 heavy (non-hydrogen) atoms. The number of anilines is 1. The van der Waals surface area contributed by atoms with E-state index in [0.29, 0.717) is 10.9 Å². The molecule has 1 aromatic rings. The van der Waals surface area contributed by atoms with Crippen LogP contribution in [0.3, 0.4) is 0 Å². The third kappa shape index (κ3) is 4.43. The van der Waals surface area contributed by atoms with Crippen LogP contribution in [0.4, 0.5) is 5.82 Å². The number of aromatic nitrogens is 1. The molecular weight excluding hydrogens is 430 g/mol. The molecule has 1 amide bonds. The molecule has 7 heteroatoms. The van der Waals surface area contributed by atoms with E-state index in [1.807, 2.05) is 6.07 Å². The number of pyridine rings is 1. The summed E-state index contributed by atoms with van der Waals surface area (Å²) >= 11 is 9.76. The van der Waals surface area contributed by atoms with Gasteiger partial charge in [-0.15, -0.1) is 0 Å². The fraction of sp³-hybridized carbons (Fsp3) is 0.700. The van der Waals surface area contributed by atoms with E-state index in [1.54, 1.807) is 6.20 Å². The maximum absolute atomic E-state index is 13.3. The normalized spacial score (nSPS) is 20.5. The molecule has 0 unspecified atom stereocenters. The number of carbonyl (C=O) groups is 1. The number of halogens is 2. The van der Waals surface area contributed by atoms with Gasteiger partial charge < -0.3 is 14.9 Å². The van der Waals surface area contributed by atoms with Crippen LogP contribution in [-0.4, -0.2) is 53.2 Å². The lowest BCUT2D eigenvalue weighted by atomic mass is 9.77. The number of likely N-dealkylation sites (tertiary alicyclic amines) is 1. The highest BCUT2D eigenvalue weighted by atomic mass is 79.9. The van der Waals surface area contributed by atoms with Crippen LogP contribution in [0.1, 0.15) is 51.9 Å². The van der Waals surface area contributed by atoms with Crippen LogP contribution in [0, 0.1) is 5.41 Å². The summed E-state index contributed by atoms with van der Waals surface area (Å²) in [5.74, 6) is 1.14. The fourth-order valence-electron chi connectivity index (χ4n) is 4.56. The molecule has 0 aromatic carbocycles. The minimum atomic E-state index is -0.219. The summed E-state index contributed by atoms with van der Waals surface area (Å²) in [5, 5.41) is 9.83. The number of aliphatic hydroxyl groups excluding tert-OH is 1. The zero-order valence-electron chi connectivity index (χ0n) is 16.0. The Balaban J connectivity index is 1.66. The average Bonchev–Trinajstić information content (AvgIpc) is 2.96.